The first-order valence-corrected chi connectivity index (χ1v) is 8.02. The summed E-state index contributed by atoms with van der Waals surface area (Å²) in [5.74, 6) is 0.152. The molecule has 8 heteroatoms. The van der Waals surface area contributed by atoms with E-state index in [1.807, 2.05) is 24.3 Å². The molecule has 2 amide bonds. The molecule has 2 aromatic rings. The fraction of sp³-hybridized carbons (Fsp3) is 0.353. The number of morpholine rings is 1. The Balaban J connectivity index is 1.82. The van der Waals surface area contributed by atoms with Gasteiger partial charge in [-0.25, -0.2) is 4.98 Å². The van der Waals surface area contributed by atoms with E-state index in [4.69, 9.17) is 10.5 Å². The minimum Gasteiger partial charge on any atom is -0.530 e. The number of ether oxygens (including phenoxy) is 1. The normalized spacial score (nSPS) is 15.8. The van der Waals surface area contributed by atoms with Gasteiger partial charge in [-0.2, -0.15) is 0 Å². The molecule has 0 bridgehead atoms. The van der Waals surface area contributed by atoms with Crippen LogP contribution in [0.25, 0.3) is 10.8 Å². The van der Waals surface area contributed by atoms with Crippen molar-refractivity contribution in [1.82, 2.24) is 15.2 Å². The molecular formula is C17H19N4O4-. The summed E-state index contributed by atoms with van der Waals surface area (Å²) in [4.78, 5) is 29.3. The Morgan fingerprint density at radius 3 is 2.80 bits per heavy atom. The fourth-order valence-corrected chi connectivity index (χ4v) is 2.96. The lowest BCUT2D eigenvalue weighted by Gasteiger charge is -2.31. The number of hydrogen-bond acceptors (Lipinski definition) is 6. The van der Waals surface area contributed by atoms with Crippen LogP contribution in [0.1, 0.15) is 5.56 Å². The van der Waals surface area contributed by atoms with E-state index in [9.17, 15) is 14.7 Å². The van der Waals surface area contributed by atoms with Crippen LogP contribution in [0, 0.1) is 0 Å². The van der Waals surface area contributed by atoms with Crippen molar-refractivity contribution < 1.29 is 19.4 Å². The Morgan fingerprint density at radius 1 is 1.32 bits per heavy atom. The van der Waals surface area contributed by atoms with Gasteiger partial charge in [-0.05, 0) is 17.0 Å². The van der Waals surface area contributed by atoms with Crippen LogP contribution in [-0.4, -0.2) is 54.2 Å². The zero-order chi connectivity index (χ0) is 17.8. The molecular weight excluding hydrogens is 324 g/mol. The van der Waals surface area contributed by atoms with Crippen LogP contribution in [0.3, 0.4) is 0 Å². The third kappa shape index (κ3) is 3.97. The van der Waals surface area contributed by atoms with Gasteiger partial charge in [-0.3, -0.25) is 4.79 Å². The van der Waals surface area contributed by atoms with Crippen LogP contribution in [0.2, 0.25) is 0 Å². The van der Waals surface area contributed by atoms with E-state index < -0.39 is 12.1 Å². The second kappa shape index (κ2) is 7.35. The minimum absolute atomic E-state index is 0.225. The predicted molar refractivity (Wildman–Crippen MR) is 89.6 cm³/mol. The Bertz CT molecular complexity index is 789. The molecule has 0 saturated carbocycles. The smallest absolute Gasteiger partial charge is 0.245 e. The van der Waals surface area contributed by atoms with Gasteiger partial charge in [-0.15, -0.1) is 0 Å². The molecule has 1 unspecified atom stereocenters. The zero-order valence-corrected chi connectivity index (χ0v) is 13.6. The fourth-order valence-electron chi connectivity index (χ4n) is 2.96. The Labute approximate surface area is 144 Å². The molecule has 1 aromatic heterocycles. The first-order chi connectivity index (χ1) is 12.0. The van der Waals surface area contributed by atoms with Gasteiger partial charge in [0.15, 0.2) is 0 Å². The molecule has 1 saturated heterocycles. The summed E-state index contributed by atoms with van der Waals surface area (Å²) in [7, 11) is 0. The van der Waals surface area contributed by atoms with E-state index in [2.05, 4.69) is 10.3 Å². The molecule has 1 aliphatic heterocycles. The van der Waals surface area contributed by atoms with Gasteiger partial charge in [0.2, 0.25) is 5.91 Å². The van der Waals surface area contributed by atoms with Crippen molar-refractivity contribution in [1.29, 1.82) is 0 Å². The lowest BCUT2D eigenvalue weighted by Crippen LogP contribution is -2.55. The second-order valence-electron chi connectivity index (χ2n) is 5.88. The van der Waals surface area contributed by atoms with Gasteiger partial charge in [0.05, 0.1) is 13.2 Å². The van der Waals surface area contributed by atoms with E-state index in [1.165, 1.54) is 0 Å². The molecule has 25 heavy (non-hydrogen) atoms. The maximum atomic E-state index is 12.6. The summed E-state index contributed by atoms with van der Waals surface area (Å²) in [5, 5.41) is 14.9. The number of nitrogens with zero attached hydrogens (tertiary/aromatic N) is 2. The van der Waals surface area contributed by atoms with Crippen molar-refractivity contribution in [3.8, 4) is 0 Å². The van der Waals surface area contributed by atoms with Crippen LogP contribution >= 0.6 is 0 Å². The van der Waals surface area contributed by atoms with Crippen LogP contribution in [-0.2, 0) is 16.0 Å². The maximum absolute atomic E-state index is 12.6. The molecule has 3 rings (SSSR count). The Morgan fingerprint density at radius 2 is 2.08 bits per heavy atom. The molecule has 1 fully saturated rings. The van der Waals surface area contributed by atoms with Gasteiger partial charge < -0.3 is 30.6 Å². The molecule has 1 atom stereocenters. The predicted octanol–water partition coefficient (Wildman–Crippen LogP) is -0.480. The summed E-state index contributed by atoms with van der Waals surface area (Å²) in [6.07, 6.45) is 0.361. The SMILES string of the molecule is Nc1nccc2cc(CC(NC(=O)[O-])C(=O)N3CCOCC3)ccc12. The Hall–Kier alpha value is -2.87. The van der Waals surface area contributed by atoms with Crippen LogP contribution in [0.4, 0.5) is 10.6 Å². The number of nitrogen functional groups attached to an aromatic ring is 1. The van der Waals surface area contributed by atoms with Gasteiger partial charge in [0.1, 0.15) is 18.0 Å². The molecule has 0 radical (unpaired) electrons. The number of anilines is 1. The van der Waals surface area contributed by atoms with E-state index in [1.54, 1.807) is 11.1 Å². The number of hydrogen-bond donors (Lipinski definition) is 2. The number of carbonyl (C=O) groups is 2. The highest BCUT2D eigenvalue weighted by Gasteiger charge is 2.26. The number of nitrogens with two attached hydrogens (primary N) is 1. The topological polar surface area (TPSA) is 121 Å². The number of fused-ring (bicyclic) bond motifs is 1. The molecule has 1 aromatic carbocycles. The average Bonchev–Trinajstić information content (AvgIpc) is 2.61. The van der Waals surface area contributed by atoms with Gasteiger partial charge in [0, 0.05) is 31.1 Å². The van der Waals surface area contributed by atoms with Crippen molar-refractivity contribution in [2.75, 3.05) is 32.0 Å². The van der Waals surface area contributed by atoms with Crippen LogP contribution in [0.5, 0.6) is 0 Å². The van der Waals surface area contributed by atoms with E-state index in [0.29, 0.717) is 32.1 Å². The molecule has 1 aliphatic rings. The summed E-state index contributed by atoms with van der Waals surface area (Å²) in [5.41, 5.74) is 6.66. The van der Waals surface area contributed by atoms with Crippen molar-refractivity contribution in [3.63, 3.8) is 0 Å². The first kappa shape index (κ1) is 17.0. The zero-order valence-electron chi connectivity index (χ0n) is 13.6. The van der Waals surface area contributed by atoms with E-state index >= 15 is 0 Å². The molecule has 132 valence electrons. The third-order valence-electron chi connectivity index (χ3n) is 4.21. The van der Waals surface area contributed by atoms with Crippen molar-refractivity contribution in [3.05, 3.63) is 36.0 Å². The minimum atomic E-state index is -1.47. The van der Waals surface area contributed by atoms with Gasteiger partial charge in [0.25, 0.3) is 0 Å². The number of carbonyl (C=O) groups excluding carboxylic acids is 2. The quantitative estimate of drug-likeness (QED) is 0.773. The largest absolute Gasteiger partial charge is 0.530 e. The molecule has 2 heterocycles. The van der Waals surface area contributed by atoms with E-state index in [0.717, 1.165) is 16.3 Å². The summed E-state index contributed by atoms with van der Waals surface area (Å²) in [6, 6.07) is 6.43. The monoisotopic (exact) mass is 343 g/mol. The highest BCUT2D eigenvalue weighted by atomic mass is 16.5. The lowest BCUT2D eigenvalue weighted by molar-refractivity contribution is -0.251. The van der Waals surface area contributed by atoms with Crippen LogP contribution in [0.15, 0.2) is 30.5 Å². The maximum Gasteiger partial charge on any atom is 0.245 e. The first-order valence-electron chi connectivity index (χ1n) is 8.02. The highest BCUT2D eigenvalue weighted by molar-refractivity contribution is 5.91. The third-order valence-corrected chi connectivity index (χ3v) is 4.21. The highest BCUT2D eigenvalue weighted by Crippen LogP contribution is 2.21. The number of carboxylic acid groups (broad SMARTS) is 1. The number of aromatic nitrogens is 1. The molecule has 3 N–H and O–H groups in total. The van der Waals surface area contributed by atoms with Crippen LogP contribution < -0.4 is 16.2 Å². The standard InChI is InChI=1S/C17H20N4O4/c18-15-13-2-1-11(9-12(13)3-4-19-15)10-14(20-17(23)24)16(22)21-5-7-25-8-6-21/h1-4,9,14,20H,5-8,10H2,(H2,18,19)(H,23,24)/p-1. The Kier molecular flexibility index (Phi) is 4.99. The number of nitrogens with one attached hydrogen (secondary N) is 1. The van der Waals surface area contributed by atoms with Crippen molar-refractivity contribution in [2.24, 2.45) is 0 Å². The summed E-state index contributed by atoms with van der Waals surface area (Å²) >= 11 is 0. The molecule has 0 spiro atoms. The molecule has 8 nitrogen and oxygen atoms in total. The molecule has 0 aliphatic carbocycles. The van der Waals surface area contributed by atoms with Crippen molar-refractivity contribution >= 4 is 28.6 Å². The number of rotatable bonds is 4. The van der Waals surface area contributed by atoms with Crippen molar-refractivity contribution in [2.45, 2.75) is 12.5 Å². The van der Waals surface area contributed by atoms with Gasteiger partial charge >= 0.3 is 0 Å². The average molecular weight is 343 g/mol. The summed E-state index contributed by atoms with van der Waals surface area (Å²) in [6.45, 7) is 1.80. The second-order valence-corrected chi connectivity index (χ2v) is 5.88. The number of amides is 2. The van der Waals surface area contributed by atoms with Gasteiger partial charge in [-0.1, -0.05) is 18.2 Å². The number of pyridine rings is 1. The summed E-state index contributed by atoms with van der Waals surface area (Å²) < 4.78 is 5.23. The van der Waals surface area contributed by atoms with E-state index in [-0.39, 0.29) is 12.3 Å². The lowest BCUT2D eigenvalue weighted by atomic mass is 10.0. The number of benzene rings is 1.